The summed E-state index contributed by atoms with van der Waals surface area (Å²) < 4.78 is 9.98. The number of carbonyl (C=O) groups excluding carboxylic acids is 2. The number of benzene rings is 1. The van der Waals surface area contributed by atoms with Crippen molar-refractivity contribution in [2.75, 3.05) is 14.2 Å². The van der Waals surface area contributed by atoms with Gasteiger partial charge in [-0.2, -0.15) is 0 Å². The Kier molecular flexibility index (Phi) is 5.88. The third-order valence-corrected chi connectivity index (χ3v) is 4.68. The normalized spacial score (nSPS) is 10.6. The molecular formula is C18H16ClN3O4S. The summed E-state index contributed by atoms with van der Waals surface area (Å²) in [5.41, 5.74) is 3.89. The molecule has 1 aromatic carbocycles. The van der Waals surface area contributed by atoms with Crippen molar-refractivity contribution in [1.29, 1.82) is 0 Å². The zero-order valence-electron chi connectivity index (χ0n) is 14.6. The van der Waals surface area contributed by atoms with Gasteiger partial charge in [0.2, 0.25) is 11.8 Å². The predicted molar refractivity (Wildman–Crippen MR) is 102 cm³/mol. The van der Waals surface area contributed by atoms with Gasteiger partial charge >= 0.3 is 5.97 Å². The highest BCUT2D eigenvalue weighted by Gasteiger charge is 2.18. The summed E-state index contributed by atoms with van der Waals surface area (Å²) in [5, 5.41) is 5.78. The second-order valence-corrected chi connectivity index (χ2v) is 6.76. The molecule has 9 heteroatoms. The number of nitrogens with zero attached hydrogens (tertiary/aromatic N) is 2. The van der Waals surface area contributed by atoms with Crippen LogP contribution < -0.4 is 10.1 Å². The van der Waals surface area contributed by atoms with Gasteiger partial charge in [0.05, 0.1) is 37.4 Å². The first-order chi connectivity index (χ1) is 13.0. The molecule has 0 bridgehead atoms. The minimum atomic E-state index is -0.556. The van der Waals surface area contributed by atoms with Gasteiger partial charge in [-0.3, -0.25) is 4.79 Å². The number of hydrogen-bond acceptors (Lipinski definition) is 7. The summed E-state index contributed by atoms with van der Waals surface area (Å²) in [6.07, 6.45) is 0.200. The van der Waals surface area contributed by atoms with Gasteiger partial charge in [-0.25, -0.2) is 14.8 Å². The second kappa shape index (κ2) is 8.32. The SMILES string of the molecule is COC(=O)c1cc2cc(Cl)cc(CNC(=O)Cc3cscn3)c2nc1OC. The van der Waals surface area contributed by atoms with E-state index in [9.17, 15) is 9.59 Å². The van der Waals surface area contributed by atoms with Gasteiger partial charge in [-0.15, -0.1) is 11.3 Å². The van der Waals surface area contributed by atoms with Crippen molar-refractivity contribution < 1.29 is 19.1 Å². The average Bonchev–Trinajstić information content (AvgIpc) is 3.17. The highest BCUT2D eigenvalue weighted by Crippen LogP contribution is 2.28. The number of halogens is 1. The van der Waals surface area contributed by atoms with Crippen molar-refractivity contribution in [3.63, 3.8) is 0 Å². The maximum absolute atomic E-state index is 12.1. The molecule has 7 nitrogen and oxygen atoms in total. The zero-order chi connectivity index (χ0) is 19.4. The van der Waals surface area contributed by atoms with Gasteiger partial charge < -0.3 is 14.8 Å². The number of fused-ring (bicyclic) bond motifs is 1. The molecule has 3 aromatic rings. The number of carbonyl (C=O) groups is 2. The van der Waals surface area contributed by atoms with Crippen LogP contribution in [-0.4, -0.2) is 36.1 Å². The predicted octanol–water partition coefficient (Wildman–Crippen LogP) is 3.00. The van der Waals surface area contributed by atoms with Crippen molar-refractivity contribution in [3.8, 4) is 5.88 Å². The van der Waals surface area contributed by atoms with Gasteiger partial charge in [0.15, 0.2) is 0 Å². The molecule has 1 N–H and O–H groups in total. The maximum Gasteiger partial charge on any atom is 0.343 e. The molecule has 0 saturated heterocycles. The zero-order valence-corrected chi connectivity index (χ0v) is 16.2. The Bertz CT molecular complexity index is 992. The molecule has 0 aliphatic heterocycles. The molecule has 0 fully saturated rings. The number of methoxy groups -OCH3 is 2. The van der Waals surface area contributed by atoms with E-state index in [0.29, 0.717) is 21.5 Å². The van der Waals surface area contributed by atoms with Crippen molar-refractivity contribution in [2.24, 2.45) is 0 Å². The van der Waals surface area contributed by atoms with Crippen molar-refractivity contribution in [2.45, 2.75) is 13.0 Å². The monoisotopic (exact) mass is 405 g/mol. The maximum atomic E-state index is 12.1. The Labute approximate surface area is 164 Å². The van der Waals surface area contributed by atoms with Crippen LogP contribution in [0, 0.1) is 0 Å². The van der Waals surface area contributed by atoms with E-state index in [1.807, 2.05) is 5.38 Å². The molecule has 27 heavy (non-hydrogen) atoms. The van der Waals surface area contributed by atoms with E-state index in [4.69, 9.17) is 21.1 Å². The van der Waals surface area contributed by atoms with Crippen molar-refractivity contribution in [1.82, 2.24) is 15.3 Å². The standard InChI is InChI=1S/C18H16ClN3O4S/c1-25-17-14(18(24)26-2)5-10-3-12(19)4-11(16(10)22-17)7-20-15(23)6-13-8-27-9-21-13/h3-5,8-9H,6-7H2,1-2H3,(H,20,23). The van der Waals surface area contributed by atoms with Crippen molar-refractivity contribution >= 4 is 45.7 Å². The fourth-order valence-electron chi connectivity index (χ4n) is 2.60. The largest absolute Gasteiger partial charge is 0.480 e. The molecule has 2 heterocycles. The fourth-order valence-corrected chi connectivity index (χ4v) is 3.40. The number of thiazole rings is 1. The fraction of sp³-hybridized carbons (Fsp3) is 0.222. The van der Waals surface area contributed by atoms with Crippen LogP contribution in [0.4, 0.5) is 0 Å². The molecule has 0 radical (unpaired) electrons. The summed E-state index contributed by atoms with van der Waals surface area (Å²) in [6.45, 7) is 0.230. The summed E-state index contributed by atoms with van der Waals surface area (Å²) in [4.78, 5) is 32.6. The quantitative estimate of drug-likeness (QED) is 0.634. The van der Waals surface area contributed by atoms with Crippen LogP contribution in [0.3, 0.4) is 0 Å². The van der Waals surface area contributed by atoms with E-state index in [1.54, 1.807) is 23.7 Å². The number of hydrogen-bond donors (Lipinski definition) is 1. The molecule has 0 aliphatic carbocycles. The molecule has 3 rings (SSSR count). The average molecular weight is 406 g/mol. The molecule has 1 amide bonds. The van der Waals surface area contributed by atoms with E-state index in [0.717, 1.165) is 5.69 Å². The lowest BCUT2D eigenvalue weighted by Gasteiger charge is -2.12. The summed E-state index contributed by atoms with van der Waals surface area (Å²) in [5.74, 6) is -0.571. The van der Waals surface area contributed by atoms with Gasteiger partial charge in [0.1, 0.15) is 5.56 Å². The van der Waals surface area contributed by atoms with Gasteiger partial charge in [-0.1, -0.05) is 11.6 Å². The van der Waals surface area contributed by atoms with Crippen LogP contribution in [-0.2, 0) is 22.5 Å². The lowest BCUT2D eigenvalue weighted by molar-refractivity contribution is -0.120. The van der Waals surface area contributed by atoms with Gasteiger partial charge in [0.25, 0.3) is 0 Å². The Hall–Kier alpha value is -2.71. The first-order valence-corrected chi connectivity index (χ1v) is 9.23. The number of rotatable bonds is 6. The lowest BCUT2D eigenvalue weighted by Crippen LogP contribution is -2.24. The third-order valence-electron chi connectivity index (χ3n) is 3.83. The molecule has 0 atom stereocenters. The Balaban J connectivity index is 1.90. The highest BCUT2D eigenvalue weighted by molar-refractivity contribution is 7.07. The summed E-state index contributed by atoms with van der Waals surface area (Å²) >= 11 is 7.64. The van der Waals surface area contributed by atoms with E-state index >= 15 is 0 Å². The number of aromatic nitrogens is 2. The Morgan fingerprint density at radius 3 is 2.74 bits per heavy atom. The van der Waals surface area contributed by atoms with E-state index < -0.39 is 5.97 Å². The summed E-state index contributed by atoms with van der Waals surface area (Å²) in [6, 6.07) is 5.02. The molecular weight excluding hydrogens is 390 g/mol. The van der Waals surface area contributed by atoms with Crippen LogP contribution in [0.15, 0.2) is 29.1 Å². The number of nitrogens with one attached hydrogen (secondary N) is 1. The Morgan fingerprint density at radius 1 is 1.26 bits per heavy atom. The number of amides is 1. The molecule has 0 unspecified atom stereocenters. The number of esters is 1. The van der Waals surface area contributed by atoms with E-state index in [-0.39, 0.29) is 30.3 Å². The first-order valence-electron chi connectivity index (χ1n) is 7.91. The number of pyridine rings is 1. The number of ether oxygens (including phenoxy) is 2. The molecule has 0 aliphatic rings. The van der Waals surface area contributed by atoms with Gasteiger partial charge in [-0.05, 0) is 23.8 Å². The first kappa shape index (κ1) is 19.1. The summed E-state index contributed by atoms with van der Waals surface area (Å²) in [7, 11) is 2.71. The minimum Gasteiger partial charge on any atom is -0.480 e. The van der Waals surface area contributed by atoms with Crippen molar-refractivity contribution in [3.05, 3.63) is 50.9 Å². The topological polar surface area (TPSA) is 90.4 Å². The van der Waals surface area contributed by atoms with Crippen LogP contribution >= 0.6 is 22.9 Å². The third kappa shape index (κ3) is 4.35. The highest BCUT2D eigenvalue weighted by atomic mass is 35.5. The van der Waals surface area contributed by atoms with Crippen LogP contribution in [0.25, 0.3) is 10.9 Å². The lowest BCUT2D eigenvalue weighted by atomic mass is 10.1. The van der Waals surface area contributed by atoms with E-state index in [1.165, 1.54) is 25.6 Å². The van der Waals surface area contributed by atoms with Crippen LogP contribution in [0.5, 0.6) is 5.88 Å². The van der Waals surface area contributed by atoms with Gasteiger partial charge in [0, 0.05) is 22.3 Å². The molecule has 0 spiro atoms. The minimum absolute atomic E-state index is 0.145. The molecule has 2 aromatic heterocycles. The molecule has 140 valence electrons. The second-order valence-electron chi connectivity index (χ2n) is 5.61. The molecule has 0 saturated carbocycles. The Morgan fingerprint density at radius 2 is 2.07 bits per heavy atom. The van der Waals surface area contributed by atoms with Crippen LogP contribution in [0.2, 0.25) is 5.02 Å². The van der Waals surface area contributed by atoms with E-state index in [2.05, 4.69) is 15.3 Å². The van der Waals surface area contributed by atoms with Crippen LogP contribution in [0.1, 0.15) is 21.6 Å². The smallest absolute Gasteiger partial charge is 0.343 e.